The third-order valence-electron chi connectivity index (χ3n) is 3.98. The van der Waals surface area contributed by atoms with Crippen LogP contribution in [-0.2, 0) is 4.79 Å². The lowest BCUT2D eigenvalue weighted by atomic mass is 10.0. The maximum Gasteiger partial charge on any atom is 0.238 e. The summed E-state index contributed by atoms with van der Waals surface area (Å²) in [6, 6.07) is 7.21. The number of nitrogens with one attached hydrogen (secondary N) is 1. The van der Waals surface area contributed by atoms with E-state index in [-0.39, 0.29) is 18.6 Å². The van der Waals surface area contributed by atoms with E-state index in [1.54, 1.807) is 24.3 Å². The highest BCUT2D eigenvalue weighted by Crippen LogP contribution is 2.23. The first-order valence-corrected chi connectivity index (χ1v) is 7.46. The van der Waals surface area contributed by atoms with Gasteiger partial charge in [0.2, 0.25) is 5.91 Å². The van der Waals surface area contributed by atoms with E-state index in [1.807, 2.05) is 4.90 Å². The van der Waals surface area contributed by atoms with E-state index in [1.165, 1.54) is 0 Å². The number of carbonyl (C=O) groups excluding carboxylic acids is 1. The Kier molecular flexibility index (Phi) is 5.27. The number of rotatable bonds is 5. The molecule has 5 nitrogen and oxygen atoms in total. The van der Waals surface area contributed by atoms with Crippen molar-refractivity contribution in [2.75, 3.05) is 25.0 Å². The van der Waals surface area contributed by atoms with Crippen LogP contribution in [-0.4, -0.2) is 46.6 Å². The largest absolute Gasteiger partial charge is 0.395 e. The number of benzene rings is 1. The lowest BCUT2D eigenvalue weighted by molar-refractivity contribution is -0.117. The predicted octanol–water partition coefficient (Wildman–Crippen LogP) is 0.962. The molecular formula is C15H21N3O2S. The van der Waals surface area contributed by atoms with E-state index in [2.05, 4.69) is 12.2 Å². The molecule has 4 N–H and O–H groups in total. The summed E-state index contributed by atoms with van der Waals surface area (Å²) in [6.45, 7) is 3.34. The van der Waals surface area contributed by atoms with Gasteiger partial charge >= 0.3 is 0 Å². The first kappa shape index (κ1) is 15.9. The van der Waals surface area contributed by atoms with Crippen molar-refractivity contribution in [3.8, 4) is 0 Å². The Morgan fingerprint density at radius 1 is 1.48 bits per heavy atom. The molecule has 114 valence electrons. The monoisotopic (exact) mass is 307 g/mol. The van der Waals surface area contributed by atoms with Crippen LogP contribution in [0.25, 0.3) is 0 Å². The maximum absolute atomic E-state index is 12.1. The highest BCUT2D eigenvalue weighted by Gasteiger charge is 2.31. The number of carbonyl (C=O) groups is 1. The number of nitrogens with zero attached hydrogens (tertiary/aromatic N) is 1. The summed E-state index contributed by atoms with van der Waals surface area (Å²) >= 11 is 4.89. The number of thiocarbonyl (C=S) groups is 1. The second-order valence-electron chi connectivity index (χ2n) is 5.48. The summed E-state index contributed by atoms with van der Waals surface area (Å²) in [7, 11) is 0. The standard InChI is InChI=1S/C15H21N3O2S/c1-10-6-7-18(13(10)9-19)8-14(20)17-12-4-2-11(3-5-12)15(16)21/h2-5,10,13,19H,6-9H2,1H3,(H2,16,21)(H,17,20). The van der Waals surface area contributed by atoms with Gasteiger partial charge in [-0.25, -0.2) is 0 Å². The van der Waals surface area contributed by atoms with Crippen LogP contribution >= 0.6 is 12.2 Å². The summed E-state index contributed by atoms with van der Waals surface area (Å²) in [6.07, 6.45) is 1.02. The van der Waals surface area contributed by atoms with E-state index < -0.39 is 0 Å². The van der Waals surface area contributed by atoms with E-state index in [9.17, 15) is 9.90 Å². The Morgan fingerprint density at radius 2 is 2.14 bits per heavy atom. The van der Waals surface area contributed by atoms with Crippen LogP contribution in [0.2, 0.25) is 0 Å². The molecule has 0 radical (unpaired) electrons. The number of anilines is 1. The smallest absolute Gasteiger partial charge is 0.238 e. The summed E-state index contributed by atoms with van der Waals surface area (Å²) < 4.78 is 0. The van der Waals surface area contributed by atoms with Gasteiger partial charge in [-0.05, 0) is 43.1 Å². The Labute approximate surface area is 130 Å². The Morgan fingerprint density at radius 3 is 2.71 bits per heavy atom. The van der Waals surface area contributed by atoms with Crippen molar-refractivity contribution in [3.05, 3.63) is 29.8 Å². The molecule has 2 unspecified atom stereocenters. The number of hydrogen-bond donors (Lipinski definition) is 3. The van der Waals surface area contributed by atoms with Crippen LogP contribution in [0.15, 0.2) is 24.3 Å². The van der Waals surface area contributed by atoms with Gasteiger partial charge in [-0.15, -0.1) is 0 Å². The first-order valence-electron chi connectivity index (χ1n) is 7.06. The number of amides is 1. The number of likely N-dealkylation sites (tertiary alicyclic amines) is 1. The highest BCUT2D eigenvalue weighted by atomic mass is 32.1. The molecule has 2 atom stereocenters. The summed E-state index contributed by atoms with van der Waals surface area (Å²) in [4.78, 5) is 14.4. The lowest BCUT2D eigenvalue weighted by Gasteiger charge is -2.24. The third-order valence-corrected chi connectivity index (χ3v) is 4.22. The molecule has 0 aliphatic carbocycles. The van der Waals surface area contributed by atoms with Gasteiger partial charge < -0.3 is 16.2 Å². The van der Waals surface area contributed by atoms with Crippen LogP contribution in [0.3, 0.4) is 0 Å². The molecule has 0 bridgehead atoms. The maximum atomic E-state index is 12.1. The van der Waals surface area contributed by atoms with Crippen molar-refractivity contribution < 1.29 is 9.90 Å². The molecule has 1 fully saturated rings. The molecule has 1 aliphatic rings. The molecule has 1 amide bonds. The van der Waals surface area contributed by atoms with Crippen molar-refractivity contribution in [3.63, 3.8) is 0 Å². The summed E-state index contributed by atoms with van der Waals surface area (Å²) in [5.41, 5.74) is 7.02. The third kappa shape index (κ3) is 4.00. The second kappa shape index (κ2) is 6.98. The molecule has 1 aromatic rings. The fourth-order valence-corrected chi connectivity index (χ4v) is 2.82. The van der Waals surface area contributed by atoms with Crippen LogP contribution in [0.5, 0.6) is 0 Å². The van der Waals surface area contributed by atoms with Crippen LogP contribution in [0, 0.1) is 5.92 Å². The lowest BCUT2D eigenvalue weighted by Crippen LogP contribution is -2.40. The van der Waals surface area contributed by atoms with E-state index in [0.717, 1.165) is 18.5 Å². The molecule has 21 heavy (non-hydrogen) atoms. The molecule has 0 spiro atoms. The Balaban J connectivity index is 1.91. The fourth-order valence-electron chi connectivity index (χ4n) is 2.68. The SMILES string of the molecule is CC1CCN(CC(=O)Nc2ccc(C(N)=S)cc2)C1CO. The zero-order valence-electron chi connectivity index (χ0n) is 12.1. The van der Waals surface area contributed by atoms with E-state index >= 15 is 0 Å². The van der Waals surface area contributed by atoms with E-state index in [4.69, 9.17) is 18.0 Å². The average Bonchev–Trinajstić information content (AvgIpc) is 2.79. The quantitative estimate of drug-likeness (QED) is 0.706. The van der Waals surface area contributed by atoms with Gasteiger partial charge in [0, 0.05) is 17.3 Å². The molecule has 0 aromatic heterocycles. The zero-order chi connectivity index (χ0) is 15.4. The Bertz CT molecular complexity index is 518. The normalized spacial score (nSPS) is 22.2. The average molecular weight is 307 g/mol. The van der Waals surface area contributed by atoms with Crippen LogP contribution < -0.4 is 11.1 Å². The molecule has 1 heterocycles. The summed E-state index contributed by atoms with van der Waals surface area (Å²) in [5, 5.41) is 12.2. The van der Waals surface area contributed by atoms with Crippen molar-refractivity contribution in [1.29, 1.82) is 0 Å². The van der Waals surface area contributed by atoms with Crippen molar-refractivity contribution >= 4 is 28.8 Å². The van der Waals surface area contributed by atoms with Gasteiger partial charge in [0.15, 0.2) is 0 Å². The van der Waals surface area contributed by atoms with Crippen molar-refractivity contribution in [1.82, 2.24) is 4.90 Å². The summed E-state index contributed by atoms with van der Waals surface area (Å²) in [5.74, 6) is 0.346. The van der Waals surface area contributed by atoms with Crippen LogP contribution in [0.1, 0.15) is 18.9 Å². The number of nitrogens with two attached hydrogens (primary N) is 1. The van der Waals surface area contributed by atoms with Crippen LogP contribution in [0.4, 0.5) is 5.69 Å². The minimum absolute atomic E-state index is 0.0766. The zero-order valence-corrected chi connectivity index (χ0v) is 12.9. The second-order valence-corrected chi connectivity index (χ2v) is 5.92. The number of aliphatic hydroxyl groups excluding tert-OH is 1. The van der Waals surface area contributed by atoms with Gasteiger partial charge in [0.25, 0.3) is 0 Å². The van der Waals surface area contributed by atoms with Gasteiger partial charge in [-0.2, -0.15) is 0 Å². The van der Waals surface area contributed by atoms with Gasteiger partial charge in [0.1, 0.15) is 4.99 Å². The number of aliphatic hydroxyl groups is 1. The first-order chi connectivity index (χ1) is 10.0. The predicted molar refractivity (Wildman–Crippen MR) is 87.2 cm³/mol. The van der Waals surface area contributed by atoms with Gasteiger partial charge in [-0.1, -0.05) is 19.1 Å². The molecule has 0 saturated carbocycles. The van der Waals surface area contributed by atoms with Gasteiger partial charge in [-0.3, -0.25) is 9.69 Å². The molecular weight excluding hydrogens is 286 g/mol. The molecule has 1 aromatic carbocycles. The van der Waals surface area contributed by atoms with E-state index in [0.29, 0.717) is 23.1 Å². The van der Waals surface area contributed by atoms with Crippen molar-refractivity contribution in [2.45, 2.75) is 19.4 Å². The molecule has 1 aliphatic heterocycles. The topological polar surface area (TPSA) is 78.6 Å². The molecule has 2 rings (SSSR count). The molecule has 1 saturated heterocycles. The minimum Gasteiger partial charge on any atom is -0.395 e. The number of hydrogen-bond acceptors (Lipinski definition) is 4. The van der Waals surface area contributed by atoms with Gasteiger partial charge in [0.05, 0.1) is 13.2 Å². The Hall–Kier alpha value is -1.50. The fraction of sp³-hybridized carbons (Fsp3) is 0.467. The van der Waals surface area contributed by atoms with Crippen molar-refractivity contribution in [2.24, 2.45) is 11.7 Å². The molecule has 6 heteroatoms. The highest BCUT2D eigenvalue weighted by molar-refractivity contribution is 7.80. The minimum atomic E-state index is -0.0781.